The second kappa shape index (κ2) is 5.14. The fraction of sp³-hybridized carbons (Fsp3) is 0.188. The first-order valence-electron chi connectivity index (χ1n) is 6.01. The van der Waals surface area contributed by atoms with E-state index in [-0.39, 0.29) is 5.56 Å². The van der Waals surface area contributed by atoms with Crippen LogP contribution in [0.15, 0.2) is 36.4 Å². The van der Waals surface area contributed by atoms with Crippen molar-refractivity contribution in [3.63, 3.8) is 0 Å². The first-order chi connectivity index (χ1) is 9.01. The van der Waals surface area contributed by atoms with Gasteiger partial charge in [-0.1, -0.05) is 23.8 Å². The summed E-state index contributed by atoms with van der Waals surface area (Å²) in [6, 6.07) is 11.2. The van der Waals surface area contributed by atoms with Crippen LogP contribution in [0.25, 0.3) is 11.1 Å². The van der Waals surface area contributed by atoms with Crippen LogP contribution in [-0.4, -0.2) is 18.2 Å². The molecule has 0 heterocycles. The van der Waals surface area contributed by atoms with Gasteiger partial charge in [-0.2, -0.15) is 0 Å². The molecule has 0 aliphatic heterocycles. The summed E-state index contributed by atoms with van der Waals surface area (Å²) in [5.41, 5.74) is 4.37. The molecule has 0 atom stereocenters. The number of hydrogen-bond acceptors (Lipinski definition) is 2. The molecule has 0 aliphatic carbocycles. The van der Waals surface area contributed by atoms with Crippen LogP contribution in [0.3, 0.4) is 0 Å². The molecule has 3 nitrogen and oxygen atoms in total. The van der Waals surface area contributed by atoms with Crippen molar-refractivity contribution in [3.05, 3.63) is 53.1 Å². The average Bonchev–Trinajstić information content (AvgIpc) is 2.40. The van der Waals surface area contributed by atoms with Gasteiger partial charge in [0.25, 0.3) is 0 Å². The molecule has 1 N–H and O–H groups in total. The average molecular weight is 256 g/mol. The lowest BCUT2D eigenvalue weighted by Crippen LogP contribution is -1.98. The summed E-state index contributed by atoms with van der Waals surface area (Å²) in [5, 5.41) is 9.14. The lowest BCUT2D eigenvalue weighted by Gasteiger charge is -2.10. The van der Waals surface area contributed by atoms with Gasteiger partial charge in [0.2, 0.25) is 0 Å². The van der Waals surface area contributed by atoms with E-state index in [4.69, 9.17) is 9.84 Å². The molecule has 2 aromatic rings. The Morgan fingerprint density at radius 1 is 1.11 bits per heavy atom. The summed E-state index contributed by atoms with van der Waals surface area (Å²) >= 11 is 0. The number of aromatic carboxylic acids is 1. The van der Waals surface area contributed by atoms with Crippen LogP contribution in [0.1, 0.15) is 21.5 Å². The Bertz CT molecular complexity index is 630. The third-order valence-corrected chi connectivity index (χ3v) is 3.09. The molecule has 2 rings (SSSR count). The Balaban J connectivity index is 2.64. The first kappa shape index (κ1) is 13.1. The van der Waals surface area contributed by atoms with Crippen LogP contribution >= 0.6 is 0 Å². The predicted molar refractivity (Wildman–Crippen MR) is 74.9 cm³/mol. The lowest BCUT2D eigenvalue weighted by atomic mass is 9.97. The monoisotopic (exact) mass is 256 g/mol. The second-order valence-electron chi connectivity index (χ2n) is 4.57. The quantitative estimate of drug-likeness (QED) is 0.911. The SMILES string of the molecule is COc1cc(C(=O)O)cc(-c2cc(C)ccc2C)c1. The van der Waals surface area contributed by atoms with Gasteiger partial charge in [0.1, 0.15) is 5.75 Å². The topological polar surface area (TPSA) is 46.5 Å². The Kier molecular flexibility index (Phi) is 3.56. The molecule has 0 amide bonds. The van der Waals surface area contributed by atoms with E-state index < -0.39 is 5.97 Å². The molecule has 0 radical (unpaired) electrons. The molecule has 19 heavy (non-hydrogen) atoms. The van der Waals surface area contributed by atoms with E-state index in [1.165, 1.54) is 13.2 Å². The van der Waals surface area contributed by atoms with E-state index in [0.717, 1.165) is 22.3 Å². The van der Waals surface area contributed by atoms with Gasteiger partial charge in [0, 0.05) is 0 Å². The molecular formula is C16H16O3. The largest absolute Gasteiger partial charge is 0.497 e. The number of carbonyl (C=O) groups is 1. The molecule has 98 valence electrons. The number of aryl methyl sites for hydroxylation is 2. The first-order valence-corrected chi connectivity index (χ1v) is 6.01. The van der Waals surface area contributed by atoms with Crippen molar-refractivity contribution in [3.8, 4) is 16.9 Å². The van der Waals surface area contributed by atoms with Gasteiger partial charge >= 0.3 is 5.97 Å². The van der Waals surface area contributed by atoms with Gasteiger partial charge in [0.15, 0.2) is 0 Å². The van der Waals surface area contributed by atoms with Crippen molar-refractivity contribution < 1.29 is 14.6 Å². The highest BCUT2D eigenvalue weighted by Gasteiger charge is 2.10. The molecule has 3 heteroatoms. The highest BCUT2D eigenvalue weighted by molar-refractivity contribution is 5.90. The Hall–Kier alpha value is -2.29. The van der Waals surface area contributed by atoms with Crippen LogP contribution in [-0.2, 0) is 0 Å². The third kappa shape index (κ3) is 2.76. The van der Waals surface area contributed by atoms with Crippen molar-refractivity contribution in [2.24, 2.45) is 0 Å². The number of hydrogen-bond donors (Lipinski definition) is 1. The van der Waals surface area contributed by atoms with Crippen molar-refractivity contribution in [1.29, 1.82) is 0 Å². The van der Waals surface area contributed by atoms with E-state index in [9.17, 15) is 4.79 Å². The highest BCUT2D eigenvalue weighted by atomic mass is 16.5. The van der Waals surface area contributed by atoms with Crippen LogP contribution in [0.2, 0.25) is 0 Å². The lowest BCUT2D eigenvalue weighted by molar-refractivity contribution is 0.0696. The van der Waals surface area contributed by atoms with E-state index in [1.807, 2.05) is 32.0 Å². The Labute approximate surface area is 112 Å². The zero-order chi connectivity index (χ0) is 14.0. The maximum atomic E-state index is 11.1. The maximum Gasteiger partial charge on any atom is 0.335 e. The zero-order valence-corrected chi connectivity index (χ0v) is 11.2. The number of methoxy groups -OCH3 is 1. The molecule has 0 aromatic heterocycles. The molecule has 0 unspecified atom stereocenters. The minimum absolute atomic E-state index is 0.232. The van der Waals surface area contributed by atoms with E-state index in [2.05, 4.69) is 6.07 Å². The van der Waals surface area contributed by atoms with Crippen LogP contribution in [0.4, 0.5) is 0 Å². The minimum Gasteiger partial charge on any atom is -0.497 e. The summed E-state index contributed by atoms with van der Waals surface area (Å²) in [5.74, 6) is -0.402. The molecule has 2 aromatic carbocycles. The number of benzene rings is 2. The normalized spacial score (nSPS) is 10.3. The number of carboxylic acids is 1. The number of rotatable bonds is 3. The molecule has 0 spiro atoms. The summed E-state index contributed by atoms with van der Waals surface area (Å²) in [6.07, 6.45) is 0. The maximum absolute atomic E-state index is 11.1. The minimum atomic E-state index is -0.953. The van der Waals surface area contributed by atoms with E-state index in [1.54, 1.807) is 6.07 Å². The van der Waals surface area contributed by atoms with E-state index in [0.29, 0.717) is 5.75 Å². The van der Waals surface area contributed by atoms with Gasteiger partial charge in [-0.25, -0.2) is 4.79 Å². The molecule has 0 fully saturated rings. The van der Waals surface area contributed by atoms with Crippen molar-refractivity contribution in [1.82, 2.24) is 0 Å². The fourth-order valence-electron chi connectivity index (χ4n) is 2.04. The Morgan fingerprint density at radius 3 is 2.47 bits per heavy atom. The fourth-order valence-corrected chi connectivity index (χ4v) is 2.04. The number of carboxylic acid groups (broad SMARTS) is 1. The van der Waals surface area contributed by atoms with Gasteiger partial charge < -0.3 is 9.84 Å². The third-order valence-electron chi connectivity index (χ3n) is 3.09. The van der Waals surface area contributed by atoms with Gasteiger partial charge in [-0.05, 0) is 48.7 Å². The van der Waals surface area contributed by atoms with E-state index >= 15 is 0 Å². The Morgan fingerprint density at radius 2 is 1.84 bits per heavy atom. The smallest absolute Gasteiger partial charge is 0.335 e. The molecule has 0 bridgehead atoms. The summed E-state index contributed by atoms with van der Waals surface area (Å²) < 4.78 is 5.17. The zero-order valence-electron chi connectivity index (χ0n) is 11.2. The summed E-state index contributed by atoms with van der Waals surface area (Å²) in [6.45, 7) is 4.02. The highest BCUT2D eigenvalue weighted by Crippen LogP contribution is 2.29. The number of ether oxygens (including phenoxy) is 1. The van der Waals surface area contributed by atoms with Gasteiger partial charge in [-0.3, -0.25) is 0 Å². The van der Waals surface area contributed by atoms with Crippen molar-refractivity contribution in [2.45, 2.75) is 13.8 Å². The van der Waals surface area contributed by atoms with Crippen LogP contribution < -0.4 is 4.74 Å². The molecule has 0 aliphatic rings. The van der Waals surface area contributed by atoms with Gasteiger partial charge in [-0.15, -0.1) is 0 Å². The van der Waals surface area contributed by atoms with Crippen LogP contribution in [0, 0.1) is 13.8 Å². The standard InChI is InChI=1S/C16H16O3/c1-10-4-5-11(2)15(6-10)12-7-13(16(17)18)9-14(8-12)19-3/h4-9H,1-3H3,(H,17,18). The predicted octanol–water partition coefficient (Wildman–Crippen LogP) is 3.68. The van der Waals surface area contributed by atoms with Gasteiger partial charge in [0.05, 0.1) is 12.7 Å². The van der Waals surface area contributed by atoms with Crippen molar-refractivity contribution >= 4 is 5.97 Å². The summed E-state index contributed by atoms with van der Waals surface area (Å²) in [7, 11) is 1.54. The summed E-state index contributed by atoms with van der Waals surface area (Å²) in [4.78, 5) is 11.1. The van der Waals surface area contributed by atoms with Crippen LogP contribution in [0.5, 0.6) is 5.75 Å². The molecular weight excluding hydrogens is 240 g/mol. The molecule has 0 saturated heterocycles. The van der Waals surface area contributed by atoms with Crippen molar-refractivity contribution in [2.75, 3.05) is 7.11 Å². The second-order valence-corrected chi connectivity index (χ2v) is 4.57. The molecule has 0 saturated carbocycles.